The highest BCUT2D eigenvalue weighted by Gasteiger charge is 2.54. The van der Waals surface area contributed by atoms with Gasteiger partial charge in [-0.3, -0.25) is 0 Å². The monoisotopic (exact) mass is 432 g/mol. The molecule has 1 aromatic heterocycles. The standard InChI is InChI=1S/C25H32N6O/c1-2-32-21-6-4-3-5-17(21)13-28-24-29-14-20(12-26)23(31-24)30-15-25-9-16-7-18(10-25)22(27)19(8-16)11-25/h3-6,14,16,18-19,22H,2,7-11,13,15,27H2,1H3,(H2,28,29,30,31). The van der Waals surface area contributed by atoms with Crippen molar-refractivity contribution in [2.75, 3.05) is 23.8 Å². The first-order valence-corrected chi connectivity index (χ1v) is 11.8. The highest BCUT2D eigenvalue weighted by atomic mass is 16.5. The van der Waals surface area contributed by atoms with Crippen LogP contribution in [0, 0.1) is 34.5 Å². The Bertz CT molecular complexity index is 1000. The van der Waals surface area contributed by atoms with Gasteiger partial charge >= 0.3 is 0 Å². The Morgan fingerprint density at radius 2 is 1.97 bits per heavy atom. The Morgan fingerprint density at radius 1 is 1.19 bits per heavy atom. The van der Waals surface area contributed by atoms with Gasteiger partial charge < -0.3 is 21.1 Å². The lowest BCUT2D eigenvalue weighted by atomic mass is 9.48. The van der Waals surface area contributed by atoms with E-state index in [1.54, 1.807) is 6.20 Å². The molecular weight excluding hydrogens is 400 g/mol. The van der Waals surface area contributed by atoms with Gasteiger partial charge in [0.2, 0.25) is 5.95 Å². The number of nitriles is 1. The number of para-hydroxylation sites is 1. The number of benzene rings is 1. The van der Waals surface area contributed by atoms with E-state index in [9.17, 15) is 5.26 Å². The minimum absolute atomic E-state index is 0.286. The number of rotatable bonds is 8. The number of ether oxygens (including phenoxy) is 1. The third-order valence-corrected chi connectivity index (χ3v) is 7.72. The predicted octanol–water partition coefficient (Wildman–Crippen LogP) is 3.92. The maximum atomic E-state index is 9.58. The SMILES string of the molecule is CCOc1ccccc1CNc1ncc(C#N)c(NCC23CC4CC(C2)C(N)C(C4)C3)n1. The molecule has 4 saturated carbocycles. The summed E-state index contributed by atoms with van der Waals surface area (Å²) in [5, 5.41) is 16.4. The average Bonchev–Trinajstić information content (AvgIpc) is 2.80. The van der Waals surface area contributed by atoms with Gasteiger partial charge in [-0.15, -0.1) is 0 Å². The van der Waals surface area contributed by atoms with Crippen LogP contribution < -0.4 is 21.1 Å². The van der Waals surface area contributed by atoms with Gasteiger partial charge in [-0.1, -0.05) is 18.2 Å². The van der Waals surface area contributed by atoms with E-state index in [2.05, 4.69) is 26.7 Å². The van der Waals surface area contributed by atoms with Crippen molar-refractivity contribution >= 4 is 11.8 Å². The molecule has 7 nitrogen and oxygen atoms in total. The van der Waals surface area contributed by atoms with Crippen molar-refractivity contribution in [2.24, 2.45) is 28.9 Å². The summed E-state index contributed by atoms with van der Waals surface area (Å²) >= 11 is 0. The smallest absolute Gasteiger partial charge is 0.224 e. The second kappa shape index (κ2) is 8.59. The molecule has 0 saturated heterocycles. The molecule has 4 aliphatic rings. The van der Waals surface area contributed by atoms with Crippen LogP contribution in [0.25, 0.3) is 0 Å². The predicted molar refractivity (Wildman–Crippen MR) is 124 cm³/mol. The molecule has 0 aliphatic heterocycles. The van der Waals surface area contributed by atoms with Crippen LogP contribution in [0.1, 0.15) is 50.2 Å². The molecule has 4 N–H and O–H groups in total. The summed E-state index contributed by atoms with van der Waals surface area (Å²) < 4.78 is 5.70. The third-order valence-electron chi connectivity index (χ3n) is 7.72. The van der Waals surface area contributed by atoms with Gasteiger partial charge in [-0.2, -0.15) is 10.2 Å². The minimum atomic E-state index is 0.286. The Kier molecular flexibility index (Phi) is 5.64. The van der Waals surface area contributed by atoms with Crippen LogP contribution in [0.3, 0.4) is 0 Å². The molecule has 7 heteroatoms. The van der Waals surface area contributed by atoms with Gasteiger partial charge in [-0.25, -0.2) is 4.98 Å². The fourth-order valence-corrected chi connectivity index (χ4v) is 6.52. The number of hydrogen-bond acceptors (Lipinski definition) is 7. The molecule has 0 spiro atoms. The van der Waals surface area contributed by atoms with Crippen molar-refractivity contribution in [3.8, 4) is 11.8 Å². The van der Waals surface area contributed by atoms with Crippen molar-refractivity contribution in [1.82, 2.24) is 9.97 Å². The number of hydrogen-bond donors (Lipinski definition) is 3. The summed E-state index contributed by atoms with van der Waals surface area (Å²) in [4.78, 5) is 8.99. The molecule has 2 unspecified atom stereocenters. The van der Waals surface area contributed by atoms with E-state index in [1.165, 1.54) is 32.1 Å². The maximum absolute atomic E-state index is 9.58. The lowest BCUT2D eigenvalue weighted by molar-refractivity contribution is -0.0591. The van der Waals surface area contributed by atoms with E-state index >= 15 is 0 Å². The summed E-state index contributed by atoms with van der Waals surface area (Å²) in [6.07, 6.45) is 7.86. The Hall–Kier alpha value is -2.85. The number of aromatic nitrogens is 2. The topological polar surface area (TPSA) is 109 Å². The maximum Gasteiger partial charge on any atom is 0.224 e. The van der Waals surface area contributed by atoms with E-state index in [-0.39, 0.29) is 5.41 Å². The first kappa shape index (κ1) is 21.0. The second-order valence-corrected chi connectivity index (χ2v) is 9.86. The summed E-state index contributed by atoms with van der Waals surface area (Å²) in [6.45, 7) is 3.99. The molecule has 4 bridgehead atoms. The van der Waals surface area contributed by atoms with Crippen molar-refractivity contribution in [1.29, 1.82) is 5.26 Å². The molecule has 32 heavy (non-hydrogen) atoms. The molecule has 1 heterocycles. The van der Waals surface area contributed by atoms with Crippen LogP contribution in [0.4, 0.5) is 11.8 Å². The molecule has 6 rings (SSSR count). The van der Waals surface area contributed by atoms with E-state index in [0.717, 1.165) is 23.8 Å². The van der Waals surface area contributed by atoms with E-state index in [4.69, 9.17) is 10.5 Å². The van der Waals surface area contributed by atoms with Crippen LogP contribution in [0.5, 0.6) is 5.75 Å². The zero-order valence-corrected chi connectivity index (χ0v) is 18.7. The first-order valence-electron chi connectivity index (χ1n) is 11.8. The van der Waals surface area contributed by atoms with Crippen LogP contribution in [-0.4, -0.2) is 29.2 Å². The van der Waals surface area contributed by atoms with Crippen molar-refractivity contribution < 1.29 is 4.74 Å². The number of nitrogens with zero attached hydrogens (tertiary/aromatic N) is 3. The first-order chi connectivity index (χ1) is 15.6. The lowest BCUT2D eigenvalue weighted by Crippen LogP contribution is -2.58. The normalized spacial score (nSPS) is 30.0. The third kappa shape index (κ3) is 4.00. The van der Waals surface area contributed by atoms with Crippen molar-refractivity contribution in [2.45, 2.75) is 51.6 Å². The molecule has 0 radical (unpaired) electrons. The van der Waals surface area contributed by atoms with Gasteiger partial charge in [0.15, 0.2) is 0 Å². The molecule has 4 aliphatic carbocycles. The fraction of sp³-hybridized carbons (Fsp3) is 0.560. The van der Waals surface area contributed by atoms with Crippen LogP contribution >= 0.6 is 0 Å². The highest BCUT2D eigenvalue weighted by Crippen LogP contribution is 2.59. The molecule has 0 amide bonds. The second-order valence-electron chi connectivity index (χ2n) is 9.86. The van der Waals surface area contributed by atoms with Gasteiger partial charge in [0.05, 0.1) is 12.8 Å². The minimum Gasteiger partial charge on any atom is -0.494 e. The fourth-order valence-electron chi connectivity index (χ4n) is 6.52. The Balaban J connectivity index is 1.28. The number of nitrogens with two attached hydrogens (primary N) is 1. The number of nitrogens with one attached hydrogen (secondary N) is 2. The van der Waals surface area contributed by atoms with E-state index in [0.29, 0.717) is 48.4 Å². The summed E-state index contributed by atoms with van der Waals surface area (Å²) in [7, 11) is 0. The van der Waals surface area contributed by atoms with Gasteiger partial charge in [-0.05, 0) is 68.3 Å². The zero-order valence-electron chi connectivity index (χ0n) is 18.7. The lowest BCUT2D eigenvalue weighted by Gasteiger charge is -2.59. The number of anilines is 2. The van der Waals surface area contributed by atoms with Gasteiger partial charge in [0.1, 0.15) is 23.2 Å². The average molecular weight is 433 g/mol. The van der Waals surface area contributed by atoms with Crippen molar-refractivity contribution in [3.63, 3.8) is 0 Å². The molecule has 2 aromatic rings. The Morgan fingerprint density at radius 3 is 2.72 bits per heavy atom. The molecule has 2 atom stereocenters. The quantitative estimate of drug-likeness (QED) is 0.580. The molecule has 168 valence electrons. The summed E-state index contributed by atoms with van der Waals surface area (Å²) in [5.41, 5.74) is 8.32. The van der Waals surface area contributed by atoms with Gasteiger partial charge in [0.25, 0.3) is 0 Å². The zero-order chi connectivity index (χ0) is 22.1. The van der Waals surface area contributed by atoms with Crippen LogP contribution in [0.2, 0.25) is 0 Å². The molecule has 4 fully saturated rings. The summed E-state index contributed by atoms with van der Waals surface area (Å²) in [5.74, 6) is 4.11. The molecule has 1 aromatic carbocycles. The largest absolute Gasteiger partial charge is 0.494 e. The van der Waals surface area contributed by atoms with Gasteiger partial charge in [0, 0.05) is 24.7 Å². The van der Waals surface area contributed by atoms with Crippen LogP contribution in [-0.2, 0) is 6.54 Å². The highest BCUT2D eigenvalue weighted by molar-refractivity contribution is 5.53. The summed E-state index contributed by atoms with van der Waals surface area (Å²) in [6, 6.07) is 10.6. The molecular formula is C25H32N6O. The van der Waals surface area contributed by atoms with E-state index < -0.39 is 0 Å². The van der Waals surface area contributed by atoms with Crippen molar-refractivity contribution in [3.05, 3.63) is 41.6 Å². The van der Waals surface area contributed by atoms with Crippen LogP contribution in [0.15, 0.2) is 30.5 Å². The Labute approximate surface area is 189 Å². The van der Waals surface area contributed by atoms with E-state index in [1.807, 2.05) is 31.2 Å².